The van der Waals surface area contributed by atoms with Crippen molar-refractivity contribution in [3.8, 4) is 11.5 Å². The molecule has 0 atom stereocenters. The summed E-state index contributed by atoms with van der Waals surface area (Å²) in [6, 6.07) is 13.6. The van der Waals surface area contributed by atoms with Crippen LogP contribution in [0.15, 0.2) is 47.6 Å². The fourth-order valence-electron chi connectivity index (χ4n) is 1.77. The van der Waals surface area contributed by atoms with Crippen LogP contribution in [-0.2, 0) is 6.61 Å². The molecule has 2 rings (SSSR count). The number of hydrazone groups is 1. The van der Waals surface area contributed by atoms with Gasteiger partial charge in [-0.15, -0.1) is 0 Å². The van der Waals surface area contributed by atoms with Gasteiger partial charge in [0.2, 0.25) is 0 Å². The van der Waals surface area contributed by atoms with Gasteiger partial charge in [0.1, 0.15) is 18.1 Å². The predicted octanol–water partition coefficient (Wildman–Crippen LogP) is 3.17. The van der Waals surface area contributed by atoms with Crippen LogP contribution in [0.4, 0.5) is 0 Å². The summed E-state index contributed by atoms with van der Waals surface area (Å²) < 4.78 is 12.3. The van der Waals surface area contributed by atoms with E-state index in [0.717, 1.165) is 22.6 Å². The maximum Gasteiger partial charge on any atom is 0.125 e. The van der Waals surface area contributed by atoms with E-state index in [1.807, 2.05) is 42.5 Å². The van der Waals surface area contributed by atoms with Crippen LogP contribution in [0.3, 0.4) is 0 Å². The summed E-state index contributed by atoms with van der Waals surface area (Å²) in [5, 5.41) is 3.52. The molecule has 2 aromatic rings. The number of benzene rings is 2. The van der Waals surface area contributed by atoms with Crippen molar-refractivity contribution < 1.29 is 9.47 Å². The molecule has 0 saturated heterocycles. The molecule has 0 aliphatic carbocycles. The van der Waals surface area contributed by atoms with Gasteiger partial charge in [-0.1, -0.05) is 0 Å². The fourth-order valence-corrected chi connectivity index (χ4v) is 2.13. The minimum atomic E-state index is 0.427. The predicted molar refractivity (Wildman–Crippen MR) is 88.3 cm³/mol. The topological polar surface area (TPSA) is 56.8 Å². The molecule has 0 aliphatic heterocycles. The average Bonchev–Trinajstić information content (AvgIpc) is 2.47. The second kappa shape index (κ2) is 7.14. The largest absolute Gasteiger partial charge is 0.496 e. The first kappa shape index (κ1) is 14.6. The van der Waals surface area contributed by atoms with E-state index in [-0.39, 0.29) is 0 Å². The molecule has 5 heteroatoms. The Balaban J connectivity index is 2.14. The summed E-state index contributed by atoms with van der Waals surface area (Å²) in [5.41, 5.74) is 1.86. The van der Waals surface area contributed by atoms with Crippen molar-refractivity contribution in [3.05, 3.63) is 57.2 Å². The van der Waals surface area contributed by atoms with Crippen LogP contribution >= 0.6 is 22.6 Å². The van der Waals surface area contributed by atoms with E-state index in [4.69, 9.17) is 15.3 Å². The lowest BCUT2D eigenvalue weighted by molar-refractivity contribution is 0.296. The second-order valence-electron chi connectivity index (χ2n) is 4.09. The summed E-state index contributed by atoms with van der Waals surface area (Å²) in [6.45, 7) is 0.427. The number of halogens is 1. The lowest BCUT2D eigenvalue weighted by Gasteiger charge is -2.11. The Labute approximate surface area is 131 Å². The highest BCUT2D eigenvalue weighted by atomic mass is 127. The van der Waals surface area contributed by atoms with E-state index in [0.29, 0.717) is 6.61 Å². The number of nitrogens with two attached hydrogens (primary N) is 1. The number of nitrogens with zero attached hydrogens (tertiary/aromatic N) is 1. The zero-order valence-electron chi connectivity index (χ0n) is 11.0. The number of hydrogen-bond acceptors (Lipinski definition) is 4. The summed E-state index contributed by atoms with van der Waals surface area (Å²) >= 11 is 2.26. The van der Waals surface area contributed by atoms with E-state index in [1.165, 1.54) is 3.57 Å². The SMILES string of the molecule is COc1ccc(C=NN)cc1COc1ccc(I)cc1. The second-order valence-corrected chi connectivity index (χ2v) is 5.34. The van der Waals surface area contributed by atoms with Gasteiger partial charge in [0.25, 0.3) is 0 Å². The normalized spacial score (nSPS) is 10.7. The quantitative estimate of drug-likeness (QED) is 0.374. The highest BCUT2D eigenvalue weighted by molar-refractivity contribution is 14.1. The molecule has 0 radical (unpaired) electrons. The molecule has 0 saturated carbocycles. The van der Waals surface area contributed by atoms with E-state index in [2.05, 4.69) is 27.7 Å². The first-order valence-corrected chi connectivity index (χ1v) is 7.09. The molecule has 2 aromatic carbocycles. The Morgan fingerprint density at radius 1 is 1.20 bits per heavy atom. The van der Waals surface area contributed by atoms with E-state index >= 15 is 0 Å². The van der Waals surface area contributed by atoms with Gasteiger partial charge in [-0.3, -0.25) is 0 Å². The minimum absolute atomic E-state index is 0.427. The molecule has 104 valence electrons. The zero-order valence-corrected chi connectivity index (χ0v) is 13.2. The molecule has 2 N–H and O–H groups in total. The van der Waals surface area contributed by atoms with Crippen molar-refractivity contribution in [2.45, 2.75) is 6.61 Å². The van der Waals surface area contributed by atoms with Gasteiger partial charge in [0.15, 0.2) is 0 Å². The Morgan fingerprint density at radius 3 is 2.60 bits per heavy atom. The lowest BCUT2D eigenvalue weighted by Crippen LogP contribution is -2.00. The molecule has 0 unspecified atom stereocenters. The molecular formula is C15H15IN2O2. The van der Waals surface area contributed by atoms with Crippen LogP contribution in [0.25, 0.3) is 0 Å². The van der Waals surface area contributed by atoms with Crippen LogP contribution in [0.2, 0.25) is 0 Å². The Hall–Kier alpha value is -1.76. The lowest BCUT2D eigenvalue weighted by atomic mass is 10.1. The highest BCUT2D eigenvalue weighted by Gasteiger charge is 2.05. The molecule has 0 heterocycles. The monoisotopic (exact) mass is 382 g/mol. The Morgan fingerprint density at radius 2 is 1.95 bits per heavy atom. The van der Waals surface area contributed by atoms with Crippen LogP contribution in [-0.4, -0.2) is 13.3 Å². The number of rotatable bonds is 5. The standard InChI is InChI=1S/C15H15IN2O2/c1-19-15-7-2-11(9-18-17)8-12(15)10-20-14-5-3-13(16)4-6-14/h2-9H,10,17H2,1H3. The van der Waals surface area contributed by atoms with E-state index in [9.17, 15) is 0 Å². The van der Waals surface area contributed by atoms with Gasteiger partial charge >= 0.3 is 0 Å². The maximum absolute atomic E-state index is 5.76. The van der Waals surface area contributed by atoms with Gasteiger partial charge in [-0.25, -0.2) is 0 Å². The van der Waals surface area contributed by atoms with Gasteiger partial charge in [0, 0.05) is 9.13 Å². The van der Waals surface area contributed by atoms with Crippen LogP contribution in [0.5, 0.6) is 11.5 Å². The smallest absolute Gasteiger partial charge is 0.125 e. The van der Waals surface area contributed by atoms with Gasteiger partial charge in [0.05, 0.1) is 13.3 Å². The number of ether oxygens (including phenoxy) is 2. The van der Waals surface area contributed by atoms with Crippen molar-refractivity contribution in [3.63, 3.8) is 0 Å². The average molecular weight is 382 g/mol. The number of methoxy groups -OCH3 is 1. The third-order valence-corrected chi connectivity index (χ3v) is 3.46. The first-order valence-electron chi connectivity index (χ1n) is 6.01. The minimum Gasteiger partial charge on any atom is -0.496 e. The fraction of sp³-hybridized carbons (Fsp3) is 0.133. The third kappa shape index (κ3) is 3.86. The maximum atomic E-state index is 5.76. The molecule has 4 nitrogen and oxygen atoms in total. The van der Waals surface area contributed by atoms with Crippen molar-refractivity contribution in [1.82, 2.24) is 0 Å². The van der Waals surface area contributed by atoms with Crippen molar-refractivity contribution in [2.24, 2.45) is 10.9 Å². The van der Waals surface area contributed by atoms with Gasteiger partial charge < -0.3 is 15.3 Å². The van der Waals surface area contributed by atoms with Crippen LogP contribution in [0, 0.1) is 3.57 Å². The molecular weight excluding hydrogens is 367 g/mol. The van der Waals surface area contributed by atoms with E-state index in [1.54, 1.807) is 13.3 Å². The summed E-state index contributed by atoms with van der Waals surface area (Å²) in [5.74, 6) is 6.77. The molecule has 0 spiro atoms. The van der Waals surface area contributed by atoms with Crippen LogP contribution in [0.1, 0.15) is 11.1 Å². The van der Waals surface area contributed by atoms with Crippen molar-refractivity contribution in [2.75, 3.05) is 7.11 Å². The molecule has 0 aliphatic rings. The summed E-state index contributed by atoms with van der Waals surface area (Å²) in [6.07, 6.45) is 1.59. The number of hydrogen-bond donors (Lipinski definition) is 1. The highest BCUT2D eigenvalue weighted by Crippen LogP contribution is 2.22. The third-order valence-electron chi connectivity index (χ3n) is 2.74. The summed E-state index contributed by atoms with van der Waals surface area (Å²) in [7, 11) is 1.64. The van der Waals surface area contributed by atoms with Crippen LogP contribution < -0.4 is 15.3 Å². The van der Waals surface area contributed by atoms with Crippen molar-refractivity contribution >= 4 is 28.8 Å². The van der Waals surface area contributed by atoms with Gasteiger partial charge in [-0.05, 0) is 70.6 Å². The Bertz CT molecular complexity index is 597. The molecule has 0 aromatic heterocycles. The molecule has 20 heavy (non-hydrogen) atoms. The molecule has 0 bridgehead atoms. The molecule has 0 amide bonds. The summed E-state index contributed by atoms with van der Waals surface area (Å²) in [4.78, 5) is 0. The molecule has 0 fully saturated rings. The Kier molecular flexibility index (Phi) is 5.23. The van der Waals surface area contributed by atoms with Crippen molar-refractivity contribution in [1.29, 1.82) is 0 Å². The van der Waals surface area contributed by atoms with E-state index < -0.39 is 0 Å². The zero-order chi connectivity index (χ0) is 14.4. The van der Waals surface area contributed by atoms with Gasteiger partial charge in [-0.2, -0.15) is 5.10 Å². The first-order chi connectivity index (χ1) is 9.72.